The van der Waals surface area contributed by atoms with Crippen LogP contribution in [0.3, 0.4) is 0 Å². The zero-order valence-electron chi connectivity index (χ0n) is 19.1. The van der Waals surface area contributed by atoms with Gasteiger partial charge >= 0.3 is 0 Å². The summed E-state index contributed by atoms with van der Waals surface area (Å²) < 4.78 is -0.166. The average molecular weight is 435 g/mol. The quantitative estimate of drug-likeness (QED) is 0.425. The van der Waals surface area contributed by atoms with E-state index in [1.807, 2.05) is 12.3 Å². The first-order chi connectivity index (χ1) is 15.5. The van der Waals surface area contributed by atoms with Crippen LogP contribution in [0.5, 0.6) is 0 Å². The Kier molecular flexibility index (Phi) is 6.01. The Labute approximate surface area is 190 Å². The predicted octanol–water partition coefficient (Wildman–Crippen LogP) is 3.04. The van der Waals surface area contributed by atoms with E-state index in [2.05, 4.69) is 76.1 Å². The van der Waals surface area contributed by atoms with Gasteiger partial charge in [0.05, 0.1) is 24.3 Å². The zero-order valence-corrected chi connectivity index (χ0v) is 19.1. The largest absolute Gasteiger partial charge is 0.631 e. The van der Waals surface area contributed by atoms with Gasteiger partial charge in [-0.05, 0) is 36.7 Å². The standard InChI is InChI=1S/C25H34N6O/c1-18-14-20(15-21-17-28-29-23(18)21)24-25(27-16-19-6-4-3-5-7-19)31(32,13-10-26-24)22-8-11-30(2)12-9-22/h3-7,14-15,17,22,24-27H,8-13,16H2,1-2H3,(H,28,29)/t24?,25?,31-/m1/s1. The third-order valence-electron chi connectivity index (χ3n) is 7.40. The van der Waals surface area contributed by atoms with E-state index in [-0.39, 0.29) is 22.9 Å². The van der Waals surface area contributed by atoms with Crippen molar-refractivity contribution in [2.24, 2.45) is 0 Å². The van der Waals surface area contributed by atoms with Crippen LogP contribution in [0.4, 0.5) is 0 Å². The van der Waals surface area contributed by atoms with Gasteiger partial charge in [0.25, 0.3) is 0 Å². The fourth-order valence-electron chi connectivity index (χ4n) is 5.57. The van der Waals surface area contributed by atoms with Crippen LogP contribution in [0.1, 0.15) is 35.6 Å². The number of hydrogen-bond acceptors (Lipinski definition) is 5. The molecule has 2 aliphatic heterocycles. The molecule has 7 heteroatoms. The minimum absolute atomic E-state index is 0.0531. The number of likely N-dealkylation sites (tertiary alicyclic amines) is 1. The highest BCUT2D eigenvalue weighted by molar-refractivity contribution is 5.82. The van der Waals surface area contributed by atoms with Crippen molar-refractivity contribution in [3.63, 3.8) is 0 Å². The number of quaternary nitrogens is 1. The highest BCUT2D eigenvalue weighted by Crippen LogP contribution is 2.35. The molecular formula is C25H34N6O. The monoisotopic (exact) mass is 434 g/mol. The lowest BCUT2D eigenvalue weighted by atomic mass is 9.93. The summed E-state index contributed by atoms with van der Waals surface area (Å²) in [6, 6.07) is 14.9. The van der Waals surface area contributed by atoms with Crippen LogP contribution in [-0.2, 0) is 6.54 Å². The molecule has 0 spiro atoms. The number of piperazine rings is 1. The first-order valence-electron chi connectivity index (χ1n) is 11.8. The van der Waals surface area contributed by atoms with Crippen molar-refractivity contribution >= 4 is 10.9 Å². The molecule has 3 heterocycles. The van der Waals surface area contributed by atoms with Crippen molar-refractivity contribution in [1.29, 1.82) is 0 Å². The van der Waals surface area contributed by atoms with E-state index < -0.39 is 0 Å². The number of aryl methyl sites for hydroxylation is 1. The summed E-state index contributed by atoms with van der Waals surface area (Å²) in [6.07, 6.45) is 3.53. The summed E-state index contributed by atoms with van der Waals surface area (Å²) >= 11 is 0. The predicted molar refractivity (Wildman–Crippen MR) is 128 cm³/mol. The third-order valence-corrected chi connectivity index (χ3v) is 7.40. The Morgan fingerprint density at radius 2 is 1.97 bits per heavy atom. The average Bonchev–Trinajstić information content (AvgIpc) is 3.29. The Morgan fingerprint density at radius 1 is 1.19 bits per heavy atom. The highest BCUT2D eigenvalue weighted by atomic mass is 16.6. The summed E-state index contributed by atoms with van der Waals surface area (Å²) in [5.41, 5.74) is 4.59. The summed E-state index contributed by atoms with van der Waals surface area (Å²) in [5, 5.41) is 30.4. The van der Waals surface area contributed by atoms with Gasteiger partial charge in [-0.2, -0.15) is 5.10 Å². The molecule has 0 bridgehead atoms. The fourth-order valence-corrected chi connectivity index (χ4v) is 5.57. The Balaban J connectivity index is 1.49. The molecular weight excluding hydrogens is 400 g/mol. The highest BCUT2D eigenvalue weighted by Gasteiger charge is 2.45. The van der Waals surface area contributed by atoms with Crippen LogP contribution >= 0.6 is 0 Å². The second-order valence-electron chi connectivity index (χ2n) is 9.53. The first-order valence-corrected chi connectivity index (χ1v) is 11.8. The number of hydrogen-bond donors (Lipinski definition) is 3. The van der Waals surface area contributed by atoms with Gasteiger partial charge in [-0.15, -0.1) is 0 Å². The lowest BCUT2D eigenvalue weighted by Crippen LogP contribution is -2.71. The number of rotatable bonds is 5. The van der Waals surface area contributed by atoms with E-state index in [1.165, 1.54) is 5.56 Å². The second-order valence-corrected chi connectivity index (χ2v) is 9.53. The van der Waals surface area contributed by atoms with E-state index >= 15 is 0 Å². The fraction of sp³-hybridized carbons (Fsp3) is 0.480. The van der Waals surface area contributed by atoms with Gasteiger partial charge in [-0.3, -0.25) is 15.7 Å². The molecule has 2 fully saturated rings. The van der Waals surface area contributed by atoms with Crippen molar-refractivity contribution in [1.82, 2.24) is 25.7 Å². The zero-order chi connectivity index (χ0) is 22.1. The number of nitrogens with zero attached hydrogens (tertiary/aromatic N) is 3. The van der Waals surface area contributed by atoms with Crippen molar-refractivity contribution < 1.29 is 4.65 Å². The maximum absolute atomic E-state index is 14.6. The third kappa shape index (κ3) is 4.07. The van der Waals surface area contributed by atoms with Crippen molar-refractivity contribution in [3.8, 4) is 0 Å². The molecule has 2 aromatic carbocycles. The van der Waals surface area contributed by atoms with Crippen LogP contribution < -0.4 is 10.6 Å². The lowest BCUT2D eigenvalue weighted by molar-refractivity contribution is -0.939. The molecule has 3 atom stereocenters. The molecule has 2 unspecified atom stereocenters. The van der Waals surface area contributed by atoms with Gasteiger partial charge in [-0.25, -0.2) is 0 Å². The van der Waals surface area contributed by atoms with Crippen LogP contribution in [0.25, 0.3) is 10.9 Å². The molecule has 2 aliphatic rings. The van der Waals surface area contributed by atoms with E-state index in [1.54, 1.807) is 0 Å². The van der Waals surface area contributed by atoms with E-state index in [0.29, 0.717) is 13.1 Å². The van der Waals surface area contributed by atoms with E-state index in [4.69, 9.17) is 0 Å². The lowest BCUT2D eigenvalue weighted by Gasteiger charge is -2.59. The SMILES string of the molecule is Cc1cc(C2NCC[N@@+]([O-])(C3CCN(C)CC3)C2NCc2ccccc2)cc2cn[nH]c12. The van der Waals surface area contributed by atoms with Gasteiger partial charge < -0.3 is 14.8 Å². The smallest absolute Gasteiger partial charge is 0.163 e. The summed E-state index contributed by atoms with van der Waals surface area (Å²) in [4.78, 5) is 2.34. The normalized spacial score (nSPS) is 27.7. The van der Waals surface area contributed by atoms with E-state index in [9.17, 15) is 5.21 Å². The number of H-pyrrole nitrogens is 1. The molecule has 5 rings (SSSR count). The Hall–Kier alpha value is -2.29. The summed E-state index contributed by atoms with van der Waals surface area (Å²) in [5.74, 6) is 0. The topological polar surface area (TPSA) is 79.0 Å². The second kappa shape index (κ2) is 8.92. The number of nitrogens with one attached hydrogen (secondary N) is 3. The number of piperidine rings is 1. The number of aromatic nitrogens is 2. The molecule has 1 aromatic heterocycles. The molecule has 0 radical (unpaired) electrons. The van der Waals surface area contributed by atoms with Crippen LogP contribution in [0.15, 0.2) is 48.7 Å². The van der Waals surface area contributed by atoms with Crippen LogP contribution in [-0.4, -0.2) is 65.2 Å². The minimum atomic E-state index is -0.249. The molecule has 0 saturated carbocycles. The van der Waals surface area contributed by atoms with Crippen LogP contribution in [0, 0.1) is 12.1 Å². The van der Waals surface area contributed by atoms with Crippen LogP contribution in [0.2, 0.25) is 0 Å². The Morgan fingerprint density at radius 3 is 2.75 bits per heavy atom. The molecule has 3 aromatic rings. The molecule has 2 saturated heterocycles. The number of fused-ring (bicyclic) bond motifs is 1. The van der Waals surface area contributed by atoms with E-state index in [0.717, 1.165) is 54.5 Å². The number of aromatic amines is 1. The maximum atomic E-state index is 14.6. The van der Waals surface area contributed by atoms with Crippen molar-refractivity contribution in [2.75, 3.05) is 33.2 Å². The summed E-state index contributed by atoms with van der Waals surface area (Å²) in [6.45, 7) is 6.12. The van der Waals surface area contributed by atoms with Gasteiger partial charge in [-0.1, -0.05) is 36.4 Å². The maximum Gasteiger partial charge on any atom is 0.163 e. The molecule has 32 heavy (non-hydrogen) atoms. The van der Waals surface area contributed by atoms with Gasteiger partial charge in [0.15, 0.2) is 6.17 Å². The number of hydroxylamine groups is 3. The van der Waals surface area contributed by atoms with Gasteiger partial charge in [0, 0.05) is 44.4 Å². The molecule has 0 aliphatic carbocycles. The van der Waals surface area contributed by atoms with Crippen molar-refractivity contribution in [3.05, 3.63) is 70.6 Å². The van der Waals surface area contributed by atoms with Gasteiger partial charge in [0.1, 0.15) is 6.04 Å². The summed E-state index contributed by atoms with van der Waals surface area (Å²) in [7, 11) is 2.15. The molecule has 0 amide bonds. The van der Waals surface area contributed by atoms with Gasteiger partial charge in [0.2, 0.25) is 0 Å². The minimum Gasteiger partial charge on any atom is -0.631 e. The number of benzene rings is 2. The first kappa shape index (κ1) is 21.6. The van der Waals surface area contributed by atoms with Crippen molar-refractivity contribution in [2.45, 2.75) is 44.6 Å². The molecule has 3 N–H and O–H groups in total. The molecule has 7 nitrogen and oxygen atoms in total. The Bertz CT molecular complexity index is 1050. The molecule has 170 valence electrons.